The van der Waals surface area contributed by atoms with Crippen LogP contribution < -0.4 is 0 Å². The normalized spacial score (nSPS) is 21.1. The molecule has 1 fully saturated rings. The number of rotatable bonds is 8. The highest BCUT2D eigenvalue weighted by atomic mass is 16.7. The number of benzene rings is 3. The fraction of sp³-hybridized carbons (Fsp3) is 0.167. The van der Waals surface area contributed by atoms with Crippen LogP contribution in [-0.4, -0.2) is 65.4 Å². The summed E-state index contributed by atoms with van der Waals surface area (Å²) in [6.45, 7) is -0.406. The zero-order valence-corrected chi connectivity index (χ0v) is 21.3. The number of ether oxygens (including phenoxy) is 4. The zero-order valence-electron chi connectivity index (χ0n) is 21.3. The zero-order chi connectivity index (χ0) is 28.8. The Balaban J connectivity index is 1.47. The Bertz CT molecular complexity index is 1520. The van der Waals surface area contributed by atoms with E-state index in [0.29, 0.717) is 0 Å². The van der Waals surface area contributed by atoms with Gasteiger partial charge in [-0.1, -0.05) is 59.5 Å². The van der Waals surface area contributed by atoms with Gasteiger partial charge in [0.25, 0.3) is 6.34 Å². The molecule has 0 spiro atoms. The first-order valence-corrected chi connectivity index (χ1v) is 12.4. The maximum absolute atomic E-state index is 13.1. The number of nitriles is 1. The number of aliphatic hydroxyl groups excluding tert-OH is 1. The second-order valence-corrected chi connectivity index (χ2v) is 8.87. The van der Waals surface area contributed by atoms with Crippen molar-refractivity contribution in [2.75, 3.05) is 6.61 Å². The Hall–Kier alpha value is -5.56. The maximum atomic E-state index is 13.1. The van der Waals surface area contributed by atoms with Gasteiger partial charge in [-0.05, 0) is 41.4 Å². The summed E-state index contributed by atoms with van der Waals surface area (Å²) in [6.07, 6.45) is -2.75. The SMILES string of the molecule is N#CC1=C(O)N([C@@H]2O[C@H](COC(=O)c3ccccc3)[C@@H](OC(=O)c3ccccc3)[C@H]2OC(=O)c2ccccc2)[C+]=N1. The highest BCUT2D eigenvalue weighted by Crippen LogP contribution is 2.33. The molecule has 1 saturated heterocycles. The number of carbonyl (C=O) groups is 3. The van der Waals surface area contributed by atoms with Gasteiger partial charge in [0.1, 0.15) is 12.7 Å². The van der Waals surface area contributed by atoms with Crippen molar-refractivity contribution in [2.24, 2.45) is 4.99 Å². The molecule has 5 rings (SSSR count). The average Bonchev–Trinajstić information content (AvgIpc) is 3.55. The molecule has 0 bridgehead atoms. The van der Waals surface area contributed by atoms with Gasteiger partial charge in [-0.25, -0.2) is 14.4 Å². The summed E-state index contributed by atoms with van der Waals surface area (Å²) >= 11 is 0. The fourth-order valence-electron chi connectivity index (χ4n) is 4.23. The topological polar surface area (TPSA) is 148 Å². The van der Waals surface area contributed by atoms with E-state index in [1.165, 1.54) is 12.1 Å². The number of aliphatic hydroxyl groups is 1. The number of hydrogen-bond donors (Lipinski definition) is 1. The van der Waals surface area contributed by atoms with Crippen molar-refractivity contribution in [3.63, 3.8) is 0 Å². The Morgan fingerprint density at radius 1 is 0.829 bits per heavy atom. The van der Waals surface area contributed by atoms with Crippen LogP contribution in [0.3, 0.4) is 0 Å². The average molecular weight is 553 g/mol. The number of hydrogen-bond acceptors (Lipinski definition) is 11. The van der Waals surface area contributed by atoms with Gasteiger partial charge >= 0.3 is 29.5 Å². The van der Waals surface area contributed by atoms with Gasteiger partial charge < -0.3 is 24.1 Å². The second-order valence-electron chi connectivity index (χ2n) is 8.87. The molecule has 4 atom stereocenters. The van der Waals surface area contributed by atoms with E-state index < -0.39 is 54.9 Å². The molecule has 2 heterocycles. The number of carbonyl (C=O) groups excluding carboxylic acids is 3. The predicted octanol–water partition coefficient (Wildman–Crippen LogP) is 3.49. The fourth-order valence-corrected chi connectivity index (χ4v) is 4.23. The Kier molecular flexibility index (Phi) is 7.97. The summed E-state index contributed by atoms with van der Waals surface area (Å²) in [5.41, 5.74) is 0.354. The molecule has 11 nitrogen and oxygen atoms in total. The van der Waals surface area contributed by atoms with Crippen molar-refractivity contribution >= 4 is 24.2 Å². The van der Waals surface area contributed by atoms with Crippen LogP contribution in [0.5, 0.6) is 0 Å². The van der Waals surface area contributed by atoms with Crippen LogP contribution in [0.2, 0.25) is 0 Å². The first-order chi connectivity index (χ1) is 20.0. The Morgan fingerprint density at radius 2 is 1.32 bits per heavy atom. The molecule has 0 radical (unpaired) electrons. The van der Waals surface area contributed by atoms with Gasteiger partial charge in [-0.2, -0.15) is 5.26 Å². The van der Waals surface area contributed by atoms with E-state index in [1.807, 2.05) is 0 Å². The first kappa shape index (κ1) is 27.0. The van der Waals surface area contributed by atoms with Gasteiger partial charge in [0.05, 0.1) is 16.7 Å². The lowest BCUT2D eigenvalue weighted by molar-refractivity contribution is -0.0768. The summed E-state index contributed by atoms with van der Waals surface area (Å²) in [5, 5.41) is 19.9. The molecule has 0 aliphatic carbocycles. The standard InChI is InChI=1S/C30H21N3O8/c31-16-22-26(34)33(18-32-22)27-25(41-30(37)21-14-8-3-9-15-21)24(40-29(36)20-12-6-2-7-13-20)23(39-27)17-38-28(35)19-10-4-1-5-11-19/h1-15,23-25,27H,17H2/p+1/t23-,24-,25-,27-/m1/s1. The second kappa shape index (κ2) is 12.1. The van der Waals surface area contributed by atoms with Crippen LogP contribution >= 0.6 is 0 Å². The van der Waals surface area contributed by atoms with Crippen LogP contribution in [0.25, 0.3) is 0 Å². The monoisotopic (exact) mass is 552 g/mol. The highest BCUT2D eigenvalue weighted by Gasteiger charge is 2.57. The van der Waals surface area contributed by atoms with Crippen molar-refractivity contribution < 1.29 is 38.4 Å². The lowest BCUT2D eigenvalue weighted by Crippen LogP contribution is -2.46. The predicted molar refractivity (Wildman–Crippen MR) is 141 cm³/mol. The molecule has 3 aromatic rings. The first-order valence-electron chi connectivity index (χ1n) is 12.4. The molecule has 1 N–H and O–H groups in total. The van der Waals surface area contributed by atoms with Crippen molar-refractivity contribution in [3.05, 3.63) is 119 Å². The molecule has 0 saturated carbocycles. The maximum Gasteiger partial charge on any atom is 0.393 e. The number of allylic oxidation sites excluding steroid dienone is 1. The van der Waals surface area contributed by atoms with E-state index in [0.717, 1.165) is 4.90 Å². The highest BCUT2D eigenvalue weighted by molar-refractivity contribution is 5.91. The van der Waals surface area contributed by atoms with Crippen molar-refractivity contribution in [1.82, 2.24) is 4.90 Å². The van der Waals surface area contributed by atoms with Crippen molar-refractivity contribution in [3.8, 4) is 6.07 Å². The van der Waals surface area contributed by atoms with Crippen LogP contribution in [0.4, 0.5) is 0 Å². The third kappa shape index (κ3) is 5.89. The molecular weight excluding hydrogens is 530 g/mol. The summed E-state index contributed by atoms with van der Waals surface area (Å²) in [4.78, 5) is 43.6. The van der Waals surface area contributed by atoms with E-state index in [1.54, 1.807) is 84.9 Å². The van der Waals surface area contributed by atoms with E-state index in [2.05, 4.69) is 11.3 Å². The summed E-state index contributed by atoms with van der Waals surface area (Å²) in [7, 11) is 0. The smallest absolute Gasteiger partial charge is 0.393 e. The molecule has 3 aromatic carbocycles. The lowest BCUT2D eigenvalue weighted by atomic mass is 10.1. The minimum Gasteiger partial charge on any atom is -0.459 e. The Labute approximate surface area is 234 Å². The molecular formula is C30H22N3O8+. The van der Waals surface area contributed by atoms with E-state index >= 15 is 0 Å². The van der Waals surface area contributed by atoms with Crippen molar-refractivity contribution in [2.45, 2.75) is 24.5 Å². The number of esters is 3. The third-order valence-corrected chi connectivity index (χ3v) is 6.25. The van der Waals surface area contributed by atoms with Gasteiger partial charge in [0, 0.05) is 0 Å². The van der Waals surface area contributed by atoms with E-state index in [4.69, 9.17) is 18.9 Å². The quantitative estimate of drug-likeness (QED) is 0.250. The van der Waals surface area contributed by atoms with Gasteiger partial charge in [-0.3, -0.25) is 0 Å². The van der Waals surface area contributed by atoms with Crippen LogP contribution in [0.15, 0.2) is 108 Å². The summed E-state index contributed by atoms with van der Waals surface area (Å²) in [5.74, 6) is -2.79. The van der Waals surface area contributed by atoms with Crippen LogP contribution in [0, 0.1) is 11.3 Å². The Morgan fingerprint density at radius 3 is 1.80 bits per heavy atom. The largest absolute Gasteiger partial charge is 0.459 e. The van der Waals surface area contributed by atoms with Gasteiger partial charge in [-0.15, -0.1) is 0 Å². The molecule has 204 valence electrons. The molecule has 2 aliphatic heterocycles. The van der Waals surface area contributed by atoms with Gasteiger partial charge in [0.2, 0.25) is 12.3 Å². The number of aliphatic imine (C=N–C) groups is 1. The van der Waals surface area contributed by atoms with Crippen molar-refractivity contribution in [1.29, 1.82) is 5.26 Å². The molecule has 0 unspecified atom stereocenters. The molecule has 0 amide bonds. The van der Waals surface area contributed by atoms with Crippen LogP contribution in [0.1, 0.15) is 31.1 Å². The summed E-state index contributed by atoms with van der Waals surface area (Å²) in [6, 6.07) is 26.2. The lowest BCUT2D eigenvalue weighted by Gasteiger charge is -2.25. The minimum atomic E-state index is -1.38. The van der Waals surface area contributed by atoms with Gasteiger partial charge in [0.15, 0.2) is 12.2 Å². The molecule has 11 heteroatoms. The molecule has 0 aromatic heterocycles. The van der Waals surface area contributed by atoms with Crippen LogP contribution in [-0.2, 0) is 18.9 Å². The summed E-state index contributed by atoms with van der Waals surface area (Å²) < 4.78 is 23.1. The molecule has 2 aliphatic rings. The number of nitrogens with zero attached hydrogens (tertiary/aromatic N) is 3. The minimum absolute atomic E-state index is 0.204. The van der Waals surface area contributed by atoms with E-state index in [-0.39, 0.29) is 22.4 Å². The third-order valence-electron chi connectivity index (χ3n) is 6.25. The van der Waals surface area contributed by atoms with E-state index in [9.17, 15) is 24.8 Å². The molecule has 41 heavy (non-hydrogen) atoms.